The zero-order valence-electron chi connectivity index (χ0n) is 6.62. The summed E-state index contributed by atoms with van der Waals surface area (Å²) in [6.07, 6.45) is 0.144. The van der Waals surface area contributed by atoms with Gasteiger partial charge in [-0.1, -0.05) is 6.92 Å². The molecule has 1 rings (SSSR count). The number of ether oxygens (including phenoxy) is 1. The summed E-state index contributed by atoms with van der Waals surface area (Å²) in [4.78, 5) is 12.3. The summed E-state index contributed by atoms with van der Waals surface area (Å²) >= 11 is 0. The summed E-state index contributed by atoms with van der Waals surface area (Å²) in [6.45, 7) is 4.69. The van der Waals surface area contributed by atoms with Gasteiger partial charge in [0.15, 0.2) is 0 Å². The van der Waals surface area contributed by atoms with Gasteiger partial charge in [-0.05, 0) is 6.54 Å². The summed E-state index contributed by atoms with van der Waals surface area (Å²) in [6, 6.07) is 0. The van der Waals surface area contributed by atoms with Crippen molar-refractivity contribution in [3.8, 4) is 0 Å². The molecule has 0 saturated carbocycles. The molecule has 1 N–H and O–H groups in total. The highest BCUT2D eigenvalue weighted by molar-refractivity contribution is 5.68. The second-order valence-electron chi connectivity index (χ2n) is 2.68. The Hall–Kier alpha value is -0.610. The topological polar surface area (TPSA) is 49.8 Å². The highest BCUT2D eigenvalue weighted by Crippen LogP contribution is 2.09. The van der Waals surface area contributed by atoms with Gasteiger partial charge in [-0.25, -0.2) is 4.79 Å². The minimum Gasteiger partial charge on any atom is -0.480 e. The van der Waals surface area contributed by atoms with E-state index in [1.165, 1.54) is 0 Å². The Morgan fingerprint density at radius 1 is 1.73 bits per heavy atom. The lowest BCUT2D eigenvalue weighted by molar-refractivity contribution is -0.148. The molecule has 1 saturated heterocycles. The maximum absolute atomic E-state index is 10.1. The van der Waals surface area contributed by atoms with Crippen molar-refractivity contribution >= 4 is 5.97 Å². The molecule has 4 nitrogen and oxygen atoms in total. The minimum atomic E-state index is -0.889. The Morgan fingerprint density at radius 3 is 2.82 bits per heavy atom. The molecule has 1 aliphatic heterocycles. The molecule has 0 spiro atoms. The Bertz CT molecular complexity index is 143. The molecule has 1 aliphatic rings. The molecule has 1 fully saturated rings. The van der Waals surface area contributed by atoms with Gasteiger partial charge in [0.1, 0.15) is 6.61 Å². The van der Waals surface area contributed by atoms with Crippen LogP contribution >= 0.6 is 0 Å². The van der Waals surface area contributed by atoms with E-state index in [0.717, 1.165) is 19.6 Å². The van der Waals surface area contributed by atoms with E-state index in [1.54, 1.807) is 0 Å². The van der Waals surface area contributed by atoms with Crippen LogP contribution in [0, 0.1) is 0 Å². The van der Waals surface area contributed by atoms with E-state index in [0.29, 0.717) is 0 Å². The lowest BCUT2D eigenvalue weighted by Crippen LogP contribution is -2.52. The van der Waals surface area contributed by atoms with Crippen molar-refractivity contribution in [3.05, 3.63) is 0 Å². The van der Waals surface area contributed by atoms with Crippen molar-refractivity contribution < 1.29 is 14.6 Å². The zero-order chi connectivity index (χ0) is 8.27. The van der Waals surface area contributed by atoms with E-state index in [9.17, 15) is 4.79 Å². The smallest absolute Gasteiger partial charge is 0.329 e. The third kappa shape index (κ3) is 2.48. The van der Waals surface area contributed by atoms with E-state index in [-0.39, 0.29) is 12.7 Å². The zero-order valence-corrected chi connectivity index (χ0v) is 6.62. The molecular formula is C7H13NO3. The first-order valence-corrected chi connectivity index (χ1v) is 3.78. The average Bonchev–Trinajstić information content (AvgIpc) is 1.84. The van der Waals surface area contributed by atoms with Crippen molar-refractivity contribution in [2.45, 2.75) is 13.0 Å². The minimum absolute atomic E-state index is 0.144. The fraction of sp³-hybridized carbons (Fsp3) is 0.857. The van der Waals surface area contributed by atoms with Gasteiger partial charge in [0, 0.05) is 13.1 Å². The number of rotatable bonds is 4. The Labute approximate surface area is 65.8 Å². The fourth-order valence-electron chi connectivity index (χ4n) is 1.08. The quantitative estimate of drug-likeness (QED) is 0.616. The number of aliphatic carboxylic acids is 1. The molecule has 1 heterocycles. The number of nitrogens with zero attached hydrogens (tertiary/aromatic N) is 1. The van der Waals surface area contributed by atoms with Gasteiger partial charge in [0.25, 0.3) is 0 Å². The first-order valence-electron chi connectivity index (χ1n) is 3.78. The van der Waals surface area contributed by atoms with E-state index in [1.807, 2.05) is 0 Å². The second-order valence-corrected chi connectivity index (χ2v) is 2.68. The molecule has 0 radical (unpaired) electrons. The van der Waals surface area contributed by atoms with Crippen LogP contribution in [0.4, 0.5) is 0 Å². The number of hydrogen-bond donors (Lipinski definition) is 1. The Morgan fingerprint density at radius 2 is 2.36 bits per heavy atom. The van der Waals surface area contributed by atoms with Gasteiger partial charge >= 0.3 is 5.97 Å². The van der Waals surface area contributed by atoms with Crippen molar-refractivity contribution in [1.82, 2.24) is 4.90 Å². The van der Waals surface area contributed by atoms with Crippen LogP contribution in [0.1, 0.15) is 6.92 Å². The Balaban J connectivity index is 2.00. The summed E-state index contributed by atoms with van der Waals surface area (Å²) in [5.74, 6) is -0.889. The van der Waals surface area contributed by atoms with Crippen LogP contribution in [-0.4, -0.2) is 48.3 Å². The van der Waals surface area contributed by atoms with E-state index in [2.05, 4.69) is 11.8 Å². The number of hydrogen-bond acceptors (Lipinski definition) is 3. The lowest BCUT2D eigenvalue weighted by atomic mass is 10.2. The highest BCUT2D eigenvalue weighted by atomic mass is 16.5. The Kier molecular flexibility index (Phi) is 2.84. The predicted octanol–water partition coefficient (Wildman–Crippen LogP) is -0.208. The summed E-state index contributed by atoms with van der Waals surface area (Å²) < 4.78 is 5.03. The van der Waals surface area contributed by atoms with Gasteiger partial charge < -0.3 is 9.84 Å². The van der Waals surface area contributed by atoms with Gasteiger partial charge in [-0.3, -0.25) is 4.90 Å². The van der Waals surface area contributed by atoms with Crippen molar-refractivity contribution in [1.29, 1.82) is 0 Å². The maximum atomic E-state index is 10.1. The summed E-state index contributed by atoms with van der Waals surface area (Å²) in [5.41, 5.74) is 0. The molecule has 0 aromatic carbocycles. The fourth-order valence-corrected chi connectivity index (χ4v) is 1.08. The maximum Gasteiger partial charge on any atom is 0.329 e. The van der Waals surface area contributed by atoms with Gasteiger partial charge in [-0.2, -0.15) is 0 Å². The molecule has 0 amide bonds. The van der Waals surface area contributed by atoms with Crippen LogP contribution in [-0.2, 0) is 9.53 Å². The van der Waals surface area contributed by atoms with E-state index in [4.69, 9.17) is 9.84 Å². The van der Waals surface area contributed by atoms with Crippen molar-refractivity contribution in [2.75, 3.05) is 26.2 Å². The third-order valence-electron chi connectivity index (χ3n) is 1.81. The standard InChI is InChI=1S/C7H13NO3/c1-2-8-3-6(4-8)11-5-7(9)10/h6H,2-5H2,1H3,(H,9,10). The molecule has 0 aromatic rings. The van der Waals surface area contributed by atoms with Crippen molar-refractivity contribution in [3.63, 3.8) is 0 Å². The lowest BCUT2D eigenvalue weighted by Gasteiger charge is -2.37. The highest BCUT2D eigenvalue weighted by Gasteiger charge is 2.25. The first kappa shape index (κ1) is 8.49. The first-order chi connectivity index (χ1) is 5.22. The molecule has 4 heteroatoms. The number of likely N-dealkylation sites (N-methyl/N-ethyl adjacent to an activating group) is 1. The monoisotopic (exact) mass is 159 g/mol. The van der Waals surface area contributed by atoms with Crippen LogP contribution in [0.2, 0.25) is 0 Å². The van der Waals surface area contributed by atoms with Crippen LogP contribution in [0.3, 0.4) is 0 Å². The van der Waals surface area contributed by atoms with E-state index < -0.39 is 5.97 Å². The van der Waals surface area contributed by atoms with Gasteiger partial charge in [-0.15, -0.1) is 0 Å². The average molecular weight is 159 g/mol. The number of likely N-dealkylation sites (tertiary alicyclic amines) is 1. The van der Waals surface area contributed by atoms with Gasteiger partial charge in [0.2, 0.25) is 0 Å². The molecule has 0 unspecified atom stereocenters. The molecule has 0 bridgehead atoms. The SMILES string of the molecule is CCN1CC(OCC(=O)O)C1. The number of carboxylic acid groups (broad SMARTS) is 1. The van der Waals surface area contributed by atoms with Crippen LogP contribution < -0.4 is 0 Å². The summed E-state index contributed by atoms with van der Waals surface area (Å²) in [7, 11) is 0. The number of carboxylic acids is 1. The largest absolute Gasteiger partial charge is 0.480 e. The van der Waals surface area contributed by atoms with Crippen LogP contribution in [0.5, 0.6) is 0 Å². The molecular weight excluding hydrogens is 146 g/mol. The molecule has 11 heavy (non-hydrogen) atoms. The van der Waals surface area contributed by atoms with Crippen LogP contribution in [0.15, 0.2) is 0 Å². The predicted molar refractivity (Wildman–Crippen MR) is 39.5 cm³/mol. The molecule has 64 valence electrons. The van der Waals surface area contributed by atoms with Crippen LogP contribution in [0.25, 0.3) is 0 Å². The van der Waals surface area contributed by atoms with Gasteiger partial charge in [0.05, 0.1) is 6.10 Å². The van der Waals surface area contributed by atoms with E-state index >= 15 is 0 Å². The second kappa shape index (κ2) is 3.69. The molecule has 0 aromatic heterocycles. The summed E-state index contributed by atoms with van der Waals surface area (Å²) in [5, 5.41) is 8.27. The normalized spacial score (nSPS) is 19.7. The molecule has 0 aliphatic carbocycles. The third-order valence-corrected chi connectivity index (χ3v) is 1.81. The number of carbonyl (C=O) groups is 1. The van der Waals surface area contributed by atoms with Crippen molar-refractivity contribution in [2.24, 2.45) is 0 Å². The molecule has 0 atom stereocenters.